The van der Waals surface area contributed by atoms with Crippen molar-refractivity contribution in [1.82, 2.24) is 9.88 Å². The number of nitrogens with zero attached hydrogens (tertiary/aromatic N) is 2. The van der Waals surface area contributed by atoms with E-state index in [1.807, 2.05) is 19.1 Å². The first-order valence-corrected chi connectivity index (χ1v) is 8.49. The Hall–Kier alpha value is -2.50. The molecule has 0 aliphatic carbocycles. The normalized spacial score (nSPS) is 15.4. The largest absolute Gasteiger partial charge is 0.379 e. The second-order valence-corrected chi connectivity index (χ2v) is 6.15. The first-order chi connectivity index (χ1) is 12.2. The molecule has 0 saturated carbocycles. The van der Waals surface area contributed by atoms with E-state index in [-0.39, 0.29) is 5.91 Å². The van der Waals surface area contributed by atoms with E-state index >= 15 is 0 Å². The van der Waals surface area contributed by atoms with Crippen LogP contribution in [-0.4, -0.2) is 42.1 Å². The van der Waals surface area contributed by atoms with Gasteiger partial charge in [0.05, 0.1) is 13.2 Å². The molecular formula is C20H23N3O2. The van der Waals surface area contributed by atoms with Crippen molar-refractivity contribution in [2.75, 3.05) is 31.6 Å². The zero-order chi connectivity index (χ0) is 17.5. The van der Waals surface area contributed by atoms with Gasteiger partial charge in [0.15, 0.2) is 0 Å². The lowest BCUT2D eigenvalue weighted by Crippen LogP contribution is -2.35. The van der Waals surface area contributed by atoms with Crippen LogP contribution in [-0.2, 0) is 16.1 Å². The van der Waals surface area contributed by atoms with Gasteiger partial charge in [-0.15, -0.1) is 0 Å². The first kappa shape index (κ1) is 17.3. The smallest absolute Gasteiger partial charge is 0.248 e. The molecule has 2 heterocycles. The van der Waals surface area contributed by atoms with E-state index in [2.05, 4.69) is 33.4 Å². The van der Waals surface area contributed by atoms with E-state index < -0.39 is 0 Å². The highest BCUT2D eigenvalue weighted by atomic mass is 16.5. The molecule has 2 aromatic rings. The fourth-order valence-electron chi connectivity index (χ4n) is 2.74. The standard InChI is InChI=1S/C20H23N3O2/c1-16-4-5-18(15-23-9-11-25-12-10-23)13-19(16)22-20(24)7-6-17-3-2-8-21-14-17/h2-8,13-14H,9-12,15H2,1H3,(H,22,24). The van der Waals surface area contributed by atoms with Crippen LogP contribution in [0.2, 0.25) is 0 Å². The Morgan fingerprint density at radius 3 is 2.92 bits per heavy atom. The van der Waals surface area contributed by atoms with Gasteiger partial charge in [-0.25, -0.2) is 0 Å². The molecule has 3 rings (SSSR count). The number of aromatic nitrogens is 1. The number of carbonyl (C=O) groups excluding carboxylic acids is 1. The van der Waals surface area contributed by atoms with Crippen molar-refractivity contribution in [2.45, 2.75) is 13.5 Å². The summed E-state index contributed by atoms with van der Waals surface area (Å²) in [6, 6.07) is 9.98. The number of amides is 1. The van der Waals surface area contributed by atoms with Crippen LogP contribution in [0.1, 0.15) is 16.7 Å². The maximum atomic E-state index is 12.2. The summed E-state index contributed by atoms with van der Waals surface area (Å²) in [5.41, 5.74) is 4.00. The highest BCUT2D eigenvalue weighted by Gasteiger charge is 2.11. The number of anilines is 1. The first-order valence-electron chi connectivity index (χ1n) is 8.49. The highest BCUT2D eigenvalue weighted by molar-refractivity contribution is 6.02. The number of ether oxygens (including phenoxy) is 1. The number of rotatable bonds is 5. The third-order valence-electron chi connectivity index (χ3n) is 4.18. The molecule has 0 unspecified atom stereocenters. The molecular weight excluding hydrogens is 314 g/mol. The molecule has 1 aromatic heterocycles. The van der Waals surface area contributed by atoms with Gasteiger partial charge in [-0.2, -0.15) is 0 Å². The summed E-state index contributed by atoms with van der Waals surface area (Å²) in [6.45, 7) is 6.34. The van der Waals surface area contributed by atoms with Crippen molar-refractivity contribution in [3.8, 4) is 0 Å². The third kappa shape index (κ3) is 5.24. The predicted molar refractivity (Wildman–Crippen MR) is 99.2 cm³/mol. The van der Waals surface area contributed by atoms with Gasteiger partial charge >= 0.3 is 0 Å². The van der Waals surface area contributed by atoms with Crippen LogP contribution in [0.5, 0.6) is 0 Å². The Balaban J connectivity index is 1.63. The van der Waals surface area contributed by atoms with Crippen molar-refractivity contribution in [3.63, 3.8) is 0 Å². The molecule has 1 aromatic carbocycles. The van der Waals surface area contributed by atoms with E-state index in [0.29, 0.717) is 0 Å². The summed E-state index contributed by atoms with van der Waals surface area (Å²) >= 11 is 0. The number of carbonyl (C=O) groups is 1. The van der Waals surface area contributed by atoms with Crippen molar-refractivity contribution in [1.29, 1.82) is 0 Å². The van der Waals surface area contributed by atoms with E-state index in [0.717, 1.165) is 49.7 Å². The Morgan fingerprint density at radius 2 is 2.16 bits per heavy atom. The third-order valence-corrected chi connectivity index (χ3v) is 4.18. The number of hydrogen-bond donors (Lipinski definition) is 1. The molecule has 1 amide bonds. The molecule has 0 atom stereocenters. The summed E-state index contributed by atoms with van der Waals surface area (Å²) < 4.78 is 5.39. The van der Waals surface area contributed by atoms with Crippen LogP contribution in [0.4, 0.5) is 5.69 Å². The Morgan fingerprint density at radius 1 is 1.32 bits per heavy atom. The highest BCUT2D eigenvalue weighted by Crippen LogP contribution is 2.19. The van der Waals surface area contributed by atoms with Crippen LogP contribution < -0.4 is 5.32 Å². The number of hydrogen-bond acceptors (Lipinski definition) is 4. The fraction of sp³-hybridized carbons (Fsp3) is 0.300. The topological polar surface area (TPSA) is 54.5 Å². The van der Waals surface area contributed by atoms with Crippen LogP contribution in [0.25, 0.3) is 6.08 Å². The van der Waals surface area contributed by atoms with Gasteiger partial charge in [0, 0.05) is 43.8 Å². The van der Waals surface area contributed by atoms with Crippen molar-refractivity contribution < 1.29 is 9.53 Å². The monoisotopic (exact) mass is 337 g/mol. The molecule has 1 N–H and O–H groups in total. The van der Waals surface area contributed by atoms with Gasteiger partial charge in [-0.3, -0.25) is 14.7 Å². The zero-order valence-electron chi connectivity index (χ0n) is 14.4. The maximum Gasteiger partial charge on any atom is 0.248 e. The molecule has 25 heavy (non-hydrogen) atoms. The molecule has 1 aliphatic heterocycles. The SMILES string of the molecule is Cc1ccc(CN2CCOCC2)cc1NC(=O)C=Cc1cccnc1. The van der Waals surface area contributed by atoms with Gasteiger partial charge < -0.3 is 10.1 Å². The molecule has 0 bridgehead atoms. The minimum absolute atomic E-state index is 0.143. The Labute approximate surface area is 148 Å². The summed E-state index contributed by atoms with van der Waals surface area (Å²) in [7, 11) is 0. The van der Waals surface area contributed by atoms with Gasteiger partial charge in [0.1, 0.15) is 0 Å². The zero-order valence-corrected chi connectivity index (χ0v) is 14.4. The van der Waals surface area contributed by atoms with Gasteiger partial charge in [-0.05, 0) is 41.8 Å². The second kappa shape index (κ2) is 8.55. The van der Waals surface area contributed by atoms with E-state index in [4.69, 9.17) is 4.74 Å². The molecule has 0 radical (unpaired) electrons. The lowest BCUT2D eigenvalue weighted by molar-refractivity contribution is -0.111. The quantitative estimate of drug-likeness (QED) is 0.853. The van der Waals surface area contributed by atoms with Crippen molar-refractivity contribution in [3.05, 3.63) is 65.5 Å². The lowest BCUT2D eigenvalue weighted by atomic mass is 10.1. The van der Waals surface area contributed by atoms with E-state index in [1.54, 1.807) is 18.5 Å². The number of nitrogens with one attached hydrogen (secondary N) is 1. The molecule has 0 spiro atoms. The van der Waals surface area contributed by atoms with Crippen molar-refractivity contribution >= 4 is 17.7 Å². The number of pyridine rings is 1. The summed E-state index contributed by atoms with van der Waals surface area (Å²) in [6.07, 6.45) is 6.72. The van der Waals surface area contributed by atoms with Gasteiger partial charge in [0.25, 0.3) is 0 Å². The average molecular weight is 337 g/mol. The van der Waals surface area contributed by atoms with Crippen LogP contribution in [0, 0.1) is 6.92 Å². The Kier molecular flexibility index (Phi) is 5.93. The molecule has 1 aliphatic rings. The van der Waals surface area contributed by atoms with Crippen molar-refractivity contribution in [2.24, 2.45) is 0 Å². The molecule has 5 nitrogen and oxygen atoms in total. The van der Waals surface area contributed by atoms with Gasteiger partial charge in [0.2, 0.25) is 5.91 Å². The number of benzene rings is 1. The summed E-state index contributed by atoms with van der Waals surface area (Å²) in [4.78, 5) is 18.6. The van der Waals surface area contributed by atoms with Crippen LogP contribution >= 0.6 is 0 Å². The number of aryl methyl sites for hydroxylation is 1. The minimum Gasteiger partial charge on any atom is -0.379 e. The summed E-state index contributed by atoms with van der Waals surface area (Å²) in [5.74, 6) is -0.143. The predicted octanol–water partition coefficient (Wildman–Crippen LogP) is 2.87. The van der Waals surface area contributed by atoms with E-state index in [9.17, 15) is 4.79 Å². The molecule has 5 heteroatoms. The molecule has 1 fully saturated rings. The maximum absolute atomic E-state index is 12.2. The molecule has 1 saturated heterocycles. The average Bonchev–Trinajstić information content (AvgIpc) is 2.64. The second-order valence-electron chi connectivity index (χ2n) is 6.15. The van der Waals surface area contributed by atoms with Crippen LogP contribution in [0.3, 0.4) is 0 Å². The lowest BCUT2D eigenvalue weighted by Gasteiger charge is -2.26. The van der Waals surface area contributed by atoms with Gasteiger partial charge in [-0.1, -0.05) is 18.2 Å². The minimum atomic E-state index is -0.143. The van der Waals surface area contributed by atoms with E-state index in [1.165, 1.54) is 11.6 Å². The number of morpholine rings is 1. The van der Waals surface area contributed by atoms with Crippen LogP contribution in [0.15, 0.2) is 48.8 Å². The Bertz CT molecular complexity index is 738. The molecule has 130 valence electrons. The fourth-order valence-corrected chi connectivity index (χ4v) is 2.74. The summed E-state index contributed by atoms with van der Waals surface area (Å²) in [5, 5.41) is 2.97.